The van der Waals surface area contributed by atoms with E-state index in [1.165, 1.54) is 0 Å². The fraction of sp³-hybridized carbons (Fsp3) is 0.500. The second kappa shape index (κ2) is 94.4. The van der Waals surface area contributed by atoms with Gasteiger partial charge in [0.15, 0.2) is 0 Å². The first-order valence-electron chi connectivity index (χ1n) is 1.56. The minimum Gasteiger partial charge on any atom is -0.354 e. The van der Waals surface area contributed by atoms with Crippen LogP contribution in [0.2, 0.25) is 0 Å². The van der Waals surface area contributed by atoms with Gasteiger partial charge in [-0.25, -0.2) is 10.2 Å². The van der Waals surface area contributed by atoms with E-state index in [2.05, 4.69) is 23.7 Å². The number of hydrogen-bond acceptors (Lipinski definition) is 0. The predicted octanol–water partition coefficient (Wildman–Crippen LogP) is 1.16. The summed E-state index contributed by atoms with van der Waals surface area (Å²) in [6, 6.07) is 0. The van der Waals surface area contributed by atoms with E-state index in [0.717, 1.165) is 6.42 Å². The van der Waals surface area contributed by atoms with Crippen molar-refractivity contribution < 1.29 is 159 Å². The molecule has 0 rings (SSSR count). The third-order valence-corrected chi connectivity index (χ3v) is 0. The first kappa shape index (κ1) is 66.1. The third kappa shape index (κ3) is 109. The summed E-state index contributed by atoms with van der Waals surface area (Å²) in [5, 5.41) is 0. The van der Waals surface area contributed by atoms with E-state index in [1.807, 2.05) is 6.92 Å². The summed E-state index contributed by atoms with van der Waals surface area (Å²) in [4.78, 5) is 0. The van der Waals surface area contributed by atoms with Crippen molar-refractivity contribution in [2.45, 2.75) is 13.3 Å². The van der Waals surface area contributed by atoms with E-state index in [9.17, 15) is 0 Å². The topological polar surface area (TPSA) is 0 Å². The van der Waals surface area contributed by atoms with E-state index in [4.69, 9.17) is 0 Å². The Hall–Kier alpha value is 5.45. The molecule has 0 aliphatic heterocycles. The van der Waals surface area contributed by atoms with Gasteiger partial charge in [0.1, 0.15) is 0 Å². The second-order valence-corrected chi connectivity index (χ2v) is 0.500. The summed E-state index contributed by atoms with van der Waals surface area (Å²) in [6.45, 7) is 8.56. The van der Waals surface area contributed by atoms with Gasteiger partial charge in [-0.15, -0.1) is 0 Å². The molecule has 0 heterocycles. The second-order valence-electron chi connectivity index (χ2n) is 0.500. The van der Waals surface area contributed by atoms with Crippen molar-refractivity contribution >= 4 is 10.2 Å². The summed E-state index contributed by atoms with van der Waals surface area (Å²) in [6.07, 6.45) is 1.00. The zero-order chi connectivity index (χ0) is 4.71. The van der Waals surface area contributed by atoms with Crippen LogP contribution < -0.4 is 0 Å². The monoisotopic (exact) mass is 1280 g/mol. The molecule has 0 saturated carbocycles. The van der Waals surface area contributed by atoms with E-state index in [1.54, 1.807) is 0 Å². The van der Waals surface area contributed by atoms with Crippen LogP contribution in [-0.2, 0) is 159 Å². The van der Waals surface area contributed by atoms with Crippen molar-refractivity contribution in [3.63, 3.8) is 0 Å². The van der Waals surface area contributed by atoms with Gasteiger partial charge >= 0.3 is 0 Å². The molecule has 0 spiro atoms. The van der Waals surface area contributed by atoms with Crippen LogP contribution >= 0.6 is 0 Å². The molecule has 0 aliphatic carbocycles. The molecule has 4 radical (unpaired) electrons. The summed E-state index contributed by atoms with van der Waals surface area (Å²) < 4.78 is 0. The molecule has 0 fully saturated rings. The normalized spacial score (nSPS) is 2.00. The van der Waals surface area contributed by atoms with Crippen molar-refractivity contribution in [3.8, 4) is 0 Å². The quantitative estimate of drug-likeness (QED) is 0.253. The molecule has 8 heteroatoms. The van der Waals surface area contributed by atoms with Crippen molar-refractivity contribution in [1.82, 2.24) is 0 Å². The fourth-order valence-corrected chi connectivity index (χ4v) is 0. The van der Waals surface area contributed by atoms with Gasteiger partial charge < -0.3 is 13.5 Å². The van der Waals surface area contributed by atoms with Crippen LogP contribution in [0.25, 0.3) is 0 Å². The molecule has 0 aliphatic rings. The molecule has 0 amide bonds. The van der Waals surface area contributed by atoms with Crippen LogP contribution in [0.4, 0.5) is 0 Å². The summed E-state index contributed by atoms with van der Waals surface area (Å²) >= 11 is 0. The first-order valence-corrected chi connectivity index (χ1v) is 2.27. The maximum absolute atomic E-state index is 3.49. The van der Waals surface area contributed by atoms with Crippen LogP contribution in [0.5, 0.6) is 0 Å². The van der Waals surface area contributed by atoms with Crippen molar-refractivity contribution in [2.75, 3.05) is 0 Å². The molecule has 0 aromatic heterocycles. The van der Waals surface area contributed by atoms with Crippen molar-refractivity contribution in [1.29, 1.82) is 0 Å². The van der Waals surface area contributed by atoms with Gasteiger partial charge in [0.25, 0.3) is 0 Å². The molecule has 0 atom stereocenters. The van der Waals surface area contributed by atoms with Crippen LogP contribution in [0.3, 0.4) is 0 Å². The van der Waals surface area contributed by atoms with Gasteiger partial charge in [-0.05, 0) is 0 Å². The van der Waals surface area contributed by atoms with E-state index in [0.29, 0.717) is 0 Å². The molecule has 0 bridgehead atoms. The molecular weight excluding hydrogens is 1270 g/mol. The standard InChI is InChI=1S/C3H7.CH2Si.6W.Y/c1-3-2;1-2;;;;;;;/h1,3H2,2H3;1H2;;;;;;;/q2*-1;;;;;;;. The van der Waals surface area contributed by atoms with Crippen LogP contribution in [0, 0.1) is 13.5 Å². The Morgan fingerprint density at radius 3 is 0.833 bits per heavy atom. The third-order valence-electron chi connectivity index (χ3n) is 0. The molecule has 0 N–H and O–H groups in total. The molecule has 0 aromatic rings. The Morgan fingerprint density at radius 2 is 0.833 bits per heavy atom. The molecule has 70 valence electrons. The Labute approximate surface area is 192 Å². The maximum atomic E-state index is 3.49. The smallest absolute Gasteiger partial charge is 0 e. The minimum absolute atomic E-state index is 0. The van der Waals surface area contributed by atoms with Crippen LogP contribution in [0.15, 0.2) is 0 Å². The van der Waals surface area contributed by atoms with Gasteiger partial charge in [0.05, 0.1) is 0 Å². The molecular formula is C4H9SiW6Y-2. The van der Waals surface area contributed by atoms with E-state index in [-0.39, 0.29) is 159 Å². The van der Waals surface area contributed by atoms with Gasteiger partial charge in [0, 0.05) is 159 Å². The number of hydrogen-bond donors (Lipinski definition) is 0. The zero-order valence-electron chi connectivity index (χ0n) is 6.65. The van der Waals surface area contributed by atoms with Gasteiger partial charge in [-0.1, -0.05) is 6.92 Å². The average Bonchev–Trinajstić information content (AvgIpc) is 1.46. The first-order chi connectivity index (χ1) is 2.41. The van der Waals surface area contributed by atoms with Gasteiger partial charge in [-0.3, -0.25) is 0 Å². The summed E-state index contributed by atoms with van der Waals surface area (Å²) in [5.41, 5.74) is 0. The number of rotatable bonds is 0. The Balaban J connectivity index is -0.00000000138. The Bertz CT molecular complexity index is 19.5. The van der Waals surface area contributed by atoms with E-state index < -0.39 is 0 Å². The molecule has 0 nitrogen and oxygen atoms in total. The van der Waals surface area contributed by atoms with Crippen molar-refractivity contribution in [2.24, 2.45) is 0 Å². The van der Waals surface area contributed by atoms with Gasteiger partial charge in [-0.2, -0.15) is 6.42 Å². The molecule has 0 unspecified atom stereocenters. The van der Waals surface area contributed by atoms with E-state index >= 15 is 0 Å². The predicted molar refractivity (Wildman–Crippen MR) is 26.8 cm³/mol. The maximum Gasteiger partial charge on any atom is 0 e. The minimum atomic E-state index is 0. The SMILES string of the molecule is [CH2-]CC.[CH2-][Si].[W].[W].[W].[W].[W].[W].[Y]. The molecule has 0 saturated heterocycles. The Morgan fingerprint density at radius 1 is 0.833 bits per heavy atom. The average molecular weight is 1280 g/mol. The summed E-state index contributed by atoms with van der Waals surface area (Å²) in [7, 11) is 2.72. The van der Waals surface area contributed by atoms with Gasteiger partial charge in [0.2, 0.25) is 0 Å². The molecule has 12 heavy (non-hydrogen) atoms. The summed E-state index contributed by atoms with van der Waals surface area (Å²) in [5.74, 6) is 0. The fourth-order valence-electron chi connectivity index (χ4n) is 0. The van der Waals surface area contributed by atoms with Crippen LogP contribution in [0.1, 0.15) is 13.3 Å². The molecule has 0 aromatic carbocycles. The van der Waals surface area contributed by atoms with Crippen molar-refractivity contribution in [3.05, 3.63) is 13.5 Å². The Kier molecular flexibility index (Phi) is 520. The zero-order valence-corrected chi connectivity index (χ0v) is 28.1. The largest absolute Gasteiger partial charge is 0.354 e. The van der Waals surface area contributed by atoms with Crippen LogP contribution in [-0.4, -0.2) is 10.2 Å².